The van der Waals surface area contributed by atoms with Crippen molar-refractivity contribution in [3.63, 3.8) is 0 Å². The van der Waals surface area contributed by atoms with Crippen LogP contribution in [0.5, 0.6) is 0 Å². The summed E-state index contributed by atoms with van der Waals surface area (Å²) in [6.45, 7) is 3.22. The van der Waals surface area contributed by atoms with Gasteiger partial charge < -0.3 is 15.4 Å². The van der Waals surface area contributed by atoms with Crippen LogP contribution in [0.1, 0.15) is 12.8 Å². The number of halogens is 1. The van der Waals surface area contributed by atoms with Crippen molar-refractivity contribution in [3.8, 4) is 11.3 Å². The molecule has 0 unspecified atom stereocenters. The lowest BCUT2D eigenvalue weighted by atomic mass is 9.75. The zero-order chi connectivity index (χ0) is 18.4. The summed E-state index contributed by atoms with van der Waals surface area (Å²) in [4.78, 5) is 15.7. The van der Waals surface area contributed by atoms with Crippen molar-refractivity contribution in [2.24, 2.45) is 11.1 Å². The van der Waals surface area contributed by atoms with Crippen LogP contribution >= 0.6 is 11.6 Å². The van der Waals surface area contributed by atoms with Gasteiger partial charge in [0.05, 0.1) is 19.4 Å². The molecule has 8 nitrogen and oxygen atoms in total. The summed E-state index contributed by atoms with van der Waals surface area (Å²) in [5, 5.41) is 7.72. The molecule has 1 spiro atoms. The zero-order valence-corrected chi connectivity index (χ0v) is 15.5. The molecule has 9 heteroatoms. The van der Waals surface area contributed by atoms with Crippen LogP contribution in [0.3, 0.4) is 0 Å². The second-order valence-electron chi connectivity index (χ2n) is 7.31. The maximum Gasteiger partial charge on any atom is 0.177 e. The highest BCUT2D eigenvalue weighted by atomic mass is 35.5. The summed E-state index contributed by atoms with van der Waals surface area (Å²) in [5.41, 5.74) is 9.12. The fourth-order valence-electron chi connectivity index (χ4n) is 4.06. The van der Waals surface area contributed by atoms with Crippen LogP contribution in [0.2, 0.25) is 5.15 Å². The Morgan fingerprint density at radius 1 is 1.30 bits per heavy atom. The fourth-order valence-corrected chi connectivity index (χ4v) is 4.27. The molecule has 5 heterocycles. The molecular weight excluding hydrogens is 366 g/mol. The van der Waals surface area contributed by atoms with Gasteiger partial charge in [0.25, 0.3) is 0 Å². The third-order valence-electron chi connectivity index (χ3n) is 5.83. The van der Waals surface area contributed by atoms with E-state index in [9.17, 15) is 0 Å². The molecule has 3 aromatic rings. The summed E-state index contributed by atoms with van der Waals surface area (Å²) in [5.74, 6) is 0.845. The van der Waals surface area contributed by atoms with E-state index in [2.05, 4.69) is 25.1 Å². The number of nitrogens with zero attached hydrogens (tertiary/aromatic N) is 5. The second kappa shape index (κ2) is 6.40. The first kappa shape index (κ1) is 16.9. The Morgan fingerprint density at radius 2 is 2.15 bits per heavy atom. The first-order chi connectivity index (χ1) is 13.2. The molecule has 27 heavy (non-hydrogen) atoms. The smallest absolute Gasteiger partial charge is 0.177 e. The van der Waals surface area contributed by atoms with Gasteiger partial charge in [-0.25, -0.2) is 15.0 Å². The Balaban J connectivity index is 1.41. The number of fused-ring (bicyclic) bond motifs is 1. The van der Waals surface area contributed by atoms with Crippen LogP contribution in [-0.4, -0.2) is 57.5 Å². The van der Waals surface area contributed by atoms with E-state index in [1.165, 1.54) is 0 Å². The van der Waals surface area contributed by atoms with E-state index in [4.69, 9.17) is 27.1 Å². The van der Waals surface area contributed by atoms with Gasteiger partial charge in [-0.05, 0) is 25.0 Å². The molecule has 0 bridgehead atoms. The minimum Gasteiger partial charge on any atom is -0.379 e. The van der Waals surface area contributed by atoms with Gasteiger partial charge in [0.1, 0.15) is 22.2 Å². The number of rotatable bonds is 2. The van der Waals surface area contributed by atoms with Gasteiger partial charge in [-0.1, -0.05) is 11.6 Å². The van der Waals surface area contributed by atoms with E-state index >= 15 is 0 Å². The third-order valence-corrected chi connectivity index (χ3v) is 6.13. The van der Waals surface area contributed by atoms with E-state index in [-0.39, 0.29) is 11.5 Å². The molecule has 0 aliphatic carbocycles. The molecule has 2 fully saturated rings. The van der Waals surface area contributed by atoms with Crippen molar-refractivity contribution >= 4 is 28.6 Å². The van der Waals surface area contributed by atoms with Crippen molar-refractivity contribution in [3.05, 3.63) is 29.7 Å². The first-order valence-electron chi connectivity index (χ1n) is 9.07. The van der Waals surface area contributed by atoms with Crippen molar-refractivity contribution in [2.75, 3.05) is 31.2 Å². The van der Waals surface area contributed by atoms with Gasteiger partial charge in [0, 0.05) is 36.3 Å². The summed E-state index contributed by atoms with van der Waals surface area (Å²) >= 11 is 6.20. The lowest BCUT2D eigenvalue weighted by Crippen LogP contribution is -2.49. The number of nitrogens with one attached hydrogen (secondary N) is 1. The average molecular weight is 386 g/mol. The normalized spacial score (nSPS) is 22.0. The maximum atomic E-state index is 6.27. The van der Waals surface area contributed by atoms with Gasteiger partial charge in [-0.15, -0.1) is 0 Å². The van der Waals surface area contributed by atoms with Gasteiger partial charge >= 0.3 is 0 Å². The molecule has 2 saturated heterocycles. The molecule has 0 radical (unpaired) electrons. The highest BCUT2D eigenvalue weighted by Gasteiger charge is 2.44. The van der Waals surface area contributed by atoms with Crippen LogP contribution < -0.4 is 10.6 Å². The van der Waals surface area contributed by atoms with Crippen molar-refractivity contribution in [1.82, 2.24) is 25.1 Å². The number of anilines is 1. The summed E-state index contributed by atoms with van der Waals surface area (Å²) < 4.78 is 5.60. The van der Waals surface area contributed by atoms with E-state index in [0.717, 1.165) is 43.9 Å². The minimum absolute atomic E-state index is 0.117. The number of hydrogen-bond donors (Lipinski definition) is 2. The zero-order valence-electron chi connectivity index (χ0n) is 14.7. The molecule has 2 aliphatic heterocycles. The quantitative estimate of drug-likeness (QED) is 0.650. The van der Waals surface area contributed by atoms with E-state index in [1.807, 2.05) is 12.1 Å². The highest BCUT2D eigenvalue weighted by Crippen LogP contribution is 2.39. The minimum atomic E-state index is 0.117. The van der Waals surface area contributed by atoms with E-state index in [0.29, 0.717) is 28.6 Å². The summed E-state index contributed by atoms with van der Waals surface area (Å²) in [6.07, 6.45) is 5.46. The van der Waals surface area contributed by atoms with Gasteiger partial charge in [0.15, 0.2) is 5.65 Å². The number of nitrogens with two attached hydrogens (primary N) is 1. The molecule has 1 atom stereocenters. The van der Waals surface area contributed by atoms with Crippen LogP contribution in [0, 0.1) is 5.41 Å². The number of H-pyrrole nitrogens is 1. The van der Waals surface area contributed by atoms with E-state index < -0.39 is 0 Å². The topological polar surface area (TPSA) is 106 Å². The highest BCUT2D eigenvalue weighted by molar-refractivity contribution is 6.32. The predicted molar refractivity (Wildman–Crippen MR) is 103 cm³/mol. The fraction of sp³-hybridized carbons (Fsp3) is 0.444. The summed E-state index contributed by atoms with van der Waals surface area (Å²) in [6, 6.07) is 3.83. The molecule has 140 valence electrons. The Morgan fingerprint density at radius 3 is 2.89 bits per heavy atom. The number of aromatic amines is 1. The van der Waals surface area contributed by atoms with Gasteiger partial charge in [0.2, 0.25) is 0 Å². The standard InChI is InChI=1S/C18H20ClN7O/c19-16-11(2-1-5-21-16)14-15-17(25-24-14)23-13(8-22-15)26-6-3-18(4-7-26)10-27-9-12(18)20/h1-2,5,8,12H,3-4,6-7,9-10,20H2,(H,23,24,25)/t12-/m1/s1. The molecule has 0 amide bonds. The lowest BCUT2D eigenvalue weighted by Gasteiger charge is -2.41. The van der Waals surface area contributed by atoms with Crippen molar-refractivity contribution in [2.45, 2.75) is 18.9 Å². The second-order valence-corrected chi connectivity index (χ2v) is 7.67. The number of ether oxygens (including phenoxy) is 1. The number of piperidine rings is 1. The van der Waals surface area contributed by atoms with Crippen LogP contribution in [0.25, 0.3) is 22.4 Å². The number of pyridine rings is 1. The lowest BCUT2D eigenvalue weighted by molar-refractivity contribution is 0.131. The molecule has 5 rings (SSSR count). The first-order valence-corrected chi connectivity index (χ1v) is 9.44. The number of aromatic nitrogens is 5. The SMILES string of the molecule is N[C@@H]1COCC12CCN(c1cnc3c(-c4cccnc4Cl)n[nH]c3n1)CC2. The molecule has 3 aromatic heterocycles. The van der Waals surface area contributed by atoms with Gasteiger partial charge in [-0.2, -0.15) is 5.10 Å². The van der Waals surface area contributed by atoms with Crippen molar-refractivity contribution in [1.29, 1.82) is 0 Å². The van der Waals surface area contributed by atoms with Gasteiger partial charge in [-0.3, -0.25) is 5.10 Å². The number of hydrogen-bond acceptors (Lipinski definition) is 7. The van der Waals surface area contributed by atoms with Crippen molar-refractivity contribution < 1.29 is 4.74 Å². The Labute approximate surface area is 161 Å². The molecular formula is C18H20ClN7O. The Hall–Kier alpha value is -2.29. The van der Waals surface area contributed by atoms with E-state index in [1.54, 1.807) is 12.4 Å². The average Bonchev–Trinajstić information content (AvgIpc) is 3.26. The Kier molecular flexibility index (Phi) is 3.99. The maximum absolute atomic E-state index is 6.27. The van der Waals surface area contributed by atoms with Crippen LogP contribution in [-0.2, 0) is 4.74 Å². The van der Waals surface area contributed by atoms with Crippen LogP contribution in [0.15, 0.2) is 24.5 Å². The Bertz CT molecular complexity index is 983. The summed E-state index contributed by atoms with van der Waals surface area (Å²) in [7, 11) is 0. The van der Waals surface area contributed by atoms with Crippen LogP contribution in [0.4, 0.5) is 5.82 Å². The largest absolute Gasteiger partial charge is 0.379 e. The molecule has 3 N–H and O–H groups in total. The molecule has 2 aliphatic rings. The molecule has 0 aromatic carbocycles. The molecule has 0 saturated carbocycles. The predicted octanol–water partition coefficient (Wildman–Crippen LogP) is 2.01. The monoisotopic (exact) mass is 385 g/mol. The third kappa shape index (κ3) is 2.75.